The van der Waals surface area contributed by atoms with Crippen molar-refractivity contribution in [3.8, 4) is 5.75 Å². The second-order valence-electron chi connectivity index (χ2n) is 6.72. The predicted octanol–water partition coefficient (Wildman–Crippen LogP) is 3.54. The molecule has 2 amide bonds. The molecule has 1 aromatic carbocycles. The van der Waals surface area contributed by atoms with Gasteiger partial charge in [-0.2, -0.15) is 8.78 Å². The molecule has 28 heavy (non-hydrogen) atoms. The summed E-state index contributed by atoms with van der Waals surface area (Å²) in [5.41, 5.74) is 0.798. The molecule has 0 N–H and O–H groups in total. The quantitative estimate of drug-likeness (QED) is 0.704. The fraction of sp³-hybridized carbons (Fsp3) is 0.400. The SMILES string of the molecule is CN(Cc1ccc(OC(F)F)cc1)C(=O)C1CCCN1C(=O)Cc1cccs1. The van der Waals surface area contributed by atoms with Crippen LogP contribution in [0.15, 0.2) is 41.8 Å². The minimum absolute atomic E-state index is 0.0276. The number of amides is 2. The lowest BCUT2D eigenvalue weighted by atomic mass is 10.1. The van der Waals surface area contributed by atoms with Gasteiger partial charge < -0.3 is 14.5 Å². The molecule has 0 bridgehead atoms. The summed E-state index contributed by atoms with van der Waals surface area (Å²) < 4.78 is 28.8. The molecule has 0 spiro atoms. The molecule has 1 saturated heterocycles. The zero-order valence-electron chi connectivity index (χ0n) is 15.5. The molecule has 1 atom stereocenters. The third-order valence-electron chi connectivity index (χ3n) is 4.71. The molecule has 0 radical (unpaired) electrons. The molecule has 0 aliphatic carbocycles. The Kier molecular flexibility index (Phi) is 6.61. The lowest BCUT2D eigenvalue weighted by Gasteiger charge is -2.28. The molecule has 150 valence electrons. The average molecular weight is 408 g/mol. The number of nitrogens with zero attached hydrogens (tertiary/aromatic N) is 2. The number of likely N-dealkylation sites (N-methyl/N-ethyl adjacent to an activating group) is 1. The number of alkyl halides is 2. The van der Waals surface area contributed by atoms with Crippen molar-refractivity contribution in [1.29, 1.82) is 0 Å². The summed E-state index contributed by atoms with van der Waals surface area (Å²) in [6.45, 7) is -1.94. The molecule has 8 heteroatoms. The summed E-state index contributed by atoms with van der Waals surface area (Å²) in [6.07, 6.45) is 1.78. The first kappa shape index (κ1) is 20.3. The van der Waals surface area contributed by atoms with Crippen LogP contribution >= 0.6 is 11.3 Å². The average Bonchev–Trinajstić information content (AvgIpc) is 3.33. The second kappa shape index (κ2) is 9.14. The molecular formula is C20H22F2N2O3S. The van der Waals surface area contributed by atoms with E-state index in [0.717, 1.165) is 16.9 Å². The highest BCUT2D eigenvalue weighted by Crippen LogP contribution is 2.22. The number of halogens is 2. The van der Waals surface area contributed by atoms with Crippen molar-refractivity contribution < 1.29 is 23.1 Å². The fourth-order valence-corrected chi connectivity index (χ4v) is 4.06. The molecule has 2 heterocycles. The van der Waals surface area contributed by atoms with Crippen LogP contribution < -0.4 is 4.74 Å². The van der Waals surface area contributed by atoms with Crippen LogP contribution in [0.2, 0.25) is 0 Å². The van der Waals surface area contributed by atoms with Gasteiger partial charge in [0.1, 0.15) is 11.8 Å². The molecule has 5 nitrogen and oxygen atoms in total. The van der Waals surface area contributed by atoms with Crippen molar-refractivity contribution in [2.75, 3.05) is 13.6 Å². The summed E-state index contributed by atoms with van der Waals surface area (Å²) in [4.78, 5) is 29.8. The Morgan fingerprint density at radius 3 is 2.68 bits per heavy atom. The molecular weight excluding hydrogens is 386 g/mol. The zero-order chi connectivity index (χ0) is 20.1. The third-order valence-corrected chi connectivity index (χ3v) is 5.58. The Hall–Kier alpha value is -2.48. The van der Waals surface area contributed by atoms with E-state index in [1.807, 2.05) is 17.5 Å². The molecule has 3 rings (SSSR count). The first-order valence-corrected chi connectivity index (χ1v) is 9.92. The predicted molar refractivity (Wildman–Crippen MR) is 102 cm³/mol. The van der Waals surface area contributed by atoms with Crippen LogP contribution in [-0.2, 0) is 22.6 Å². The van der Waals surface area contributed by atoms with E-state index in [0.29, 0.717) is 25.9 Å². The minimum Gasteiger partial charge on any atom is -0.435 e. The van der Waals surface area contributed by atoms with Crippen molar-refractivity contribution in [2.24, 2.45) is 0 Å². The van der Waals surface area contributed by atoms with Gasteiger partial charge >= 0.3 is 6.61 Å². The monoisotopic (exact) mass is 408 g/mol. The lowest BCUT2D eigenvalue weighted by Crippen LogP contribution is -2.46. The van der Waals surface area contributed by atoms with E-state index in [-0.39, 0.29) is 17.6 Å². The van der Waals surface area contributed by atoms with Crippen LogP contribution in [-0.4, -0.2) is 47.9 Å². The smallest absolute Gasteiger partial charge is 0.387 e. The van der Waals surface area contributed by atoms with E-state index in [2.05, 4.69) is 4.74 Å². The number of thiophene rings is 1. The number of benzene rings is 1. The maximum Gasteiger partial charge on any atom is 0.387 e. The van der Waals surface area contributed by atoms with Crippen LogP contribution in [0.1, 0.15) is 23.3 Å². The van der Waals surface area contributed by atoms with Gasteiger partial charge in [0, 0.05) is 25.0 Å². The molecule has 1 aromatic heterocycles. The highest BCUT2D eigenvalue weighted by atomic mass is 32.1. The highest BCUT2D eigenvalue weighted by Gasteiger charge is 2.35. The molecule has 2 aromatic rings. The number of hydrogen-bond acceptors (Lipinski definition) is 4. The summed E-state index contributed by atoms with van der Waals surface area (Å²) >= 11 is 1.53. The topological polar surface area (TPSA) is 49.9 Å². The summed E-state index contributed by atoms with van der Waals surface area (Å²) in [6, 6.07) is 9.58. The van der Waals surface area contributed by atoms with E-state index in [4.69, 9.17) is 0 Å². The third kappa shape index (κ3) is 5.07. The second-order valence-corrected chi connectivity index (χ2v) is 7.75. The van der Waals surface area contributed by atoms with Gasteiger partial charge in [-0.05, 0) is 42.0 Å². The van der Waals surface area contributed by atoms with E-state index in [1.54, 1.807) is 29.0 Å². The van der Waals surface area contributed by atoms with E-state index in [9.17, 15) is 18.4 Å². The Bertz CT molecular complexity index is 796. The molecule has 1 fully saturated rings. The Balaban J connectivity index is 1.59. The van der Waals surface area contributed by atoms with Crippen LogP contribution in [0.5, 0.6) is 5.75 Å². The van der Waals surface area contributed by atoms with Gasteiger partial charge in [0.2, 0.25) is 11.8 Å². The molecule has 1 aliphatic heterocycles. The van der Waals surface area contributed by atoms with Gasteiger partial charge in [-0.3, -0.25) is 9.59 Å². The minimum atomic E-state index is -2.87. The number of carbonyl (C=O) groups excluding carboxylic acids is 2. The van der Waals surface area contributed by atoms with Gasteiger partial charge in [-0.25, -0.2) is 0 Å². The summed E-state index contributed by atoms with van der Waals surface area (Å²) in [5.74, 6) is -0.0565. The van der Waals surface area contributed by atoms with Crippen molar-refractivity contribution in [1.82, 2.24) is 9.80 Å². The highest BCUT2D eigenvalue weighted by molar-refractivity contribution is 7.10. The van der Waals surface area contributed by atoms with E-state index < -0.39 is 12.7 Å². The van der Waals surface area contributed by atoms with Gasteiger partial charge in [0.25, 0.3) is 0 Å². The number of ether oxygens (including phenoxy) is 1. The van der Waals surface area contributed by atoms with Crippen LogP contribution in [0.4, 0.5) is 8.78 Å². The number of likely N-dealkylation sites (tertiary alicyclic amines) is 1. The van der Waals surface area contributed by atoms with Crippen LogP contribution in [0, 0.1) is 0 Å². The van der Waals surface area contributed by atoms with E-state index in [1.165, 1.54) is 23.5 Å². The molecule has 1 aliphatic rings. The Labute approximate surface area is 166 Å². The van der Waals surface area contributed by atoms with Crippen molar-refractivity contribution in [3.05, 3.63) is 52.2 Å². The zero-order valence-corrected chi connectivity index (χ0v) is 16.3. The van der Waals surface area contributed by atoms with Gasteiger partial charge in [0.15, 0.2) is 0 Å². The van der Waals surface area contributed by atoms with E-state index >= 15 is 0 Å². The van der Waals surface area contributed by atoms with Crippen LogP contribution in [0.3, 0.4) is 0 Å². The standard InChI is InChI=1S/C20H22F2N2O3S/c1-23(13-14-6-8-15(9-7-14)27-20(21)22)19(26)17-5-2-10-24(17)18(25)12-16-4-3-11-28-16/h3-4,6-9,11,17,20H,2,5,10,12-13H2,1H3. The maximum absolute atomic E-state index is 12.9. The first-order valence-electron chi connectivity index (χ1n) is 9.04. The molecule has 1 unspecified atom stereocenters. The summed E-state index contributed by atoms with van der Waals surface area (Å²) in [5, 5.41) is 1.93. The first-order chi connectivity index (χ1) is 13.4. The normalized spacial score (nSPS) is 16.4. The number of hydrogen-bond donors (Lipinski definition) is 0. The van der Waals surface area contributed by atoms with Gasteiger partial charge in [-0.15, -0.1) is 11.3 Å². The van der Waals surface area contributed by atoms with Gasteiger partial charge in [-0.1, -0.05) is 18.2 Å². The number of rotatable bonds is 7. The van der Waals surface area contributed by atoms with Gasteiger partial charge in [0.05, 0.1) is 6.42 Å². The number of carbonyl (C=O) groups is 2. The van der Waals surface area contributed by atoms with Crippen molar-refractivity contribution in [2.45, 2.75) is 38.5 Å². The lowest BCUT2D eigenvalue weighted by molar-refractivity contribution is -0.143. The summed E-state index contributed by atoms with van der Waals surface area (Å²) in [7, 11) is 1.69. The van der Waals surface area contributed by atoms with Crippen molar-refractivity contribution >= 4 is 23.2 Å². The maximum atomic E-state index is 12.9. The fourth-order valence-electron chi connectivity index (χ4n) is 3.37. The molecule has 0 saturated carbocycles. The van der Waals surface area contributed by atoms with Crippen molar-refractivity contribution in [3.63, 3.8) is 0 Å². The Morgan fingerprint density at radius 2 is 2.04 bits per heavy atom. The largest absolute Gasteiger partial charge is 0.435 e. The Morgan fingerprint density at radius 1 is 1.29 bits per heavy atom. The van der Waals surface area contributed by atoms with Crippen LogP contribution in [0.25, 0.3) is 0 Å².